The highest BCUT2D eigenvalue weighted by atomic mass is 32.1. The van der Waals surface area contributed by atoms with Crippen molar-refractivity contribution in [2.24, 2.45) is 0 Å². The van der Waals surface area contributed by atoms with Gasteiger partial charge in [0.25, 0.3) is 0 Å². The van der Waals surface area contributed by atoms with Gasteiger partial charge in [-0.3, -0.25) is 4.79 Å². The van der Waals surface area contributed by atoms with Crippen LogP contribution in [-0.2, 0) is 12.8 Å². The van der Waals surface area contributed by atoms with Gasteiger partial charge >= 0.3 is 0 Å². The van der Waals surface area contributed by atoms with Crippen LogP contribution in [0.1, 0.15) is 44.8 Å². The minimum atomic E-state index is 0.0362. The van der Waals surface area contributed by atoms with Crippen molar-refractivity contribution in [2.45, 2.75) is 32.6 Å². The summed E-state index contributed by atoms with van der Waals surface area (Å²) in [6.07, 6.45) is 4.65. The Kier molecular flexibility index (Phi) is 4.18. The SMILES string of the molecule is Cc1sc(N)c(C(=O)c2ccc3c(c2)CCCC3)c1-c1ccccc1. The molecule has 126 valence electrons. The molecule has 0 fully saturated rings. The molecule has 2 N–H and O–H groups in total. The van der Waals surface area contributed by atoms with E-state index in [0.29, 0.717) is 10.6 Å². The second-order valence-corrected chi connectivity index (χ2v) is 7.91. The number of nitrogen functional groups attached to an aromatic ring is 1. The van der Waals surface area contributed by atoms with Crippen LogP contribution in [0, 0.1) is 6.92 Å². The lowest BCUT2D eigenvalue weighted by Gasteiger charge is -2.16. The second-order valence-electron chi connectivity index (χ2n) is 6.66. The molecule has 1 heterocycles. The van der Waals surface area contributed by atoms with Gasteiger partial charge in [-0.2, -0.15) is 0 Å². The Hall–Kier alpha value is -2.39. The van der Waals surface area contributed by atoms with Crippen LogP contribution in [0.5, 0.6) is 0 Å². The summed E-state index contributed by atoms with van der Waals surface area (Å²) >= 11 is 1.50. The molecule has 0 spiro atoms. The summed E-state index contributed by atoms with van der Waals surface area (Å²) in [7, 11) is 0. The maximum absolute atomic E-state index is 13.3. The van der Waals surface area contributed by atoms with Crippen LogP contribution >= 0.6 is 11.3 Å². The fourth-order valence-electron chi connectivity index (χ4n) is 3.76. The third-order valence-corrected chi connectivity index (χ3v) is 5.95. The number of hydrogen-bond acceptors (Lipinski definition) is 3. The Morgan fingerprint density at radius 3 is 2.48 bits per heavy atom. The largest absolute Gasteiger partial charge is 0.390 e. The molecule has 0 saturated heterocycles. The Bertz CT molecular complexity index is 940. The molecule has 0 unspecified atom stereocenters. The fraction of sp³-hybridized carbons (Fsp3) is 0.227. The molecule has 4 rings (SSSR count). The summed E-state index contributed by atoms with van der Waals surface area (Å²) in [5, 5.41) is 0.610. The Morgan fingerprint density at radius 1 is 1.00 bits per heavy atom. The third-order valence-electron chi connectivity index (χ3n) is 5.01. The lowest BCUT2D eigenvalue weighted by Crippen LogP contribution is -2.08. The zero-order valence-electron chi connectivity index (χ0n) is 14.3. The van der Waals surface area contributed by atoms with Crippen LogP contribution in [0.2, 0.25) is 0 Å². The number of hydrogen-bond donors (Lipinski definition) is 1. The van der Waals surface area contributed by atoms with Crippen molar-refractivity contribution >= 4 is 22.1 Å². The van der Waals surface area contributed by atoms with Crippen molar-refractivity contribution in [1.82, 2.24) is 0 Å². The first-order valence-corrected chi connectivity index (χ1v) is 9.57. The van der Waals surface area contributed by atoms with Gasteiger partial charge in [0, 0.05) is 16.0 Å². The maximum atomic E-state index is 13.3. The zero-order valence-corrected chi connectivity index (χ0v) is 15.2. The number of anilines is 1. The predicted octanol–water partition coefficient (Wildman–Crippen LogP) is 5.42. The van der Waals surface area contributed by atoms with E-state index in [2.05, 4.69) is 12.1 Å². The average molecular weight is 347 g/mol. The lowest BCUT2D eigenvalue weighted by molar-refractivity contribution is 0.104. The average Bonchev–Trinajstić information content (AvgIpc) is 2.95. The van der Waals surface area contributed by atoms with E-state index in [0.717, 1.165) is 34.4 Å². The fourth-order valence-corrected chi connectivity index (χ4v) is 4.71. The Balaban J connectivity index is 1.81. The van der Waals surface area contributed by atoms with Crippen LogP contribution in [0.4, 0.5) is 5.00 Å². The Labute approximate surface area is 152 Å². The number of thiophene rings is 1. The molecule has 25 heavy (non-hydrogen) atoms. The summed E-state index contributed by atoms with van der Waals surface area (Å²) in [4.78, 5) is 14.4. The minimum absolute atomic E-state index is 0.0362. The van der Waals surface area contributed by atoms with Gasteiger partial charge in [0.15, 0.2) is 5.78 Å². The maximum Gasteiger partial charge on any atom is 0.196 e. The first-order chi connectivity index (χ1) is 12.1. The number of rotatable bonds is 3. The molecule has 1 aromatic heterocycles. The number of fused-ring (bicyclic) bond motifs is 1. The number of ketones is 1. The molecular weight excluding hydrogens is 326 g/mol. The van der Waals surface area contributed by atoms with E-state index in [1.165, 1.54) is 35.3 Å². The summed E-state index contributed by atoms with van der Waals surface area (Å²) in [5.41, 5.74) is 12.4. The summed E-state index contributed by atoms with van der Waals surface area (Å²) < 4.78 is 0. The van der Waals surface area contributed by atoms with Gasteiger partial charge in [-0.05, 0) is 55.4 Å². The van der Waals surface area contributed by atoms with E-state index in [1.807, 2.05) is 43.3 Å². The molecule has 2 aromatic carbocycles. The van der Waals surface area contributed by atoms with E-state index < -0.39 is 0 Å². The van der Waals surface area contributed by atoms with E-state index >= 15 is 0 Å². The van der Waals surface area contributed by atoms with Crippen LogP contribution in [0.3, 0.4) is 0 Å². The predicted molar refractivity (Wildman–Crippen MR) is 105 cm³/mol. The van der Waals surface area contributed by atoms with E-state index in [1.54, 1.807) is 0 Å². The highest BCUT2D eigenvalue weighted by Gasteiger charge is 2.23. The zero-order chi connectivity index (χ0) is 17.4. The van der Waals surface area contributed by atoms with Crippen molar-refractivity contribution in [3.8, 4) is 11.1 Å². The number of nitrogens with two attached hydrogens (primary N) is 1. The van der Waals surface area contributed by atoms with Gasteiger partial charge in [-0.15, -0.1) is 11.3 Å². The molecule has 0 bridgehead atoms. The Morgan fingerprint density at radius 2 is 1.72 bits per heavy atom. The molecule has 2 nitrogen and oxygen atoms in total. The normalized spacial score (nSPS) is 13.5. The lowest BCUT2D eigenvalue weighted by atomic mass is 9.88. The topological polar surface area (TPSA) is 43.1 Å². The molecule has 1 aliphatic rings. The van der Waals surface area contributed by atoms with Gasteiger partial charge in [-0.1, -0.05) is 42.5 Å². The standard InChI is InChI=1S/C22H21NOS/c1-14-19(16-8-3-2-4-9-16)20(22(23)25-14)21(24)18-12-11-15-7-5-6-10-17(15)13-18/h2-4,8-9,11-13H,5-7,10,23H2,1H3. The molecule has 3 aromatic rings. The molecular formula is C22H21NOS. The van der Waals surface area contributed by atoms with Gasteiger partial charge in [-0.25, -0.2) is 0 Å². The smallest absolute Gasteiger partial charge is 0.196 e. The van der Waals surface area contributed by atoms with Crippen molar-refractivity contribution in [1.29, 1.82) is 0 Å². The summed E-state index contributed by atoms with van der Waals surface area (Å²) in [5.74, 6) is 0.0362. The highest BCUT2D eigenvalue weighted by molar-refractivity contribution is 7.16. The van der Waals surface area contributed by atoms with Crippen LogP contribution in [0.25, 0.3) is 11.1 Å². The van der Waals surface area contributed by atoms with Gasteiger partial charge < -0.3 is 5.73 Å². The number of carbonyl (C=O) groups is 1. The number of benzene rings is 2. The van der Waals surface area contributed by atoms with Gasteiger partial charge in [0.1, 0.15) is 0 Å². The summed E-state index contributed by atoms with van der Waals surface area (Å²) in [6, 6.07) is 16.2. The van der Waals surface area contributed by atoms with Crippen molar-refractivity contribution in [3.05, 3.63) is 75.7 Å². The minimum Gasteiger partial charge on any atom is -0.390 e. The summed E-state index contributed by atoms with van der Waals surface area (Å²) in [6.45, 7) is 2.03. The van der Waals surface area contributed by atoms with Crippen molar-refractivity contribution in [3.63, 3.8) is 0 Å². The first-order valence-electron chi connectivity index (χ1n) is 8.76. The molecule has 0 saturated carbocycles. The third kappa shape index (κ3) is 2.89. The number of aryl methyl sites for hydroxylation is 3. The van der Waals surface area contributed by atoms with Crippen LogP contribution in [0.15, 0.2) is 48.5 Å². The van der Waals surface area contributed by atoms with E-state index in [-0.39, 0.29) is 5.78 Å². The molecule has 0 atom stereocenters. The van der Waals surface area contributed by atoms with Gasteiger partial charge in [0.2, 0.25) is 0 Å². The number of carbonyl (C=O) groups excluding carboxylic acids is 1. The van der Waals surface area contributed by atoms with E-state index in [9.17, 15) is 4.79 Å². The quantitative estimate of drug-likeness (QED) is 0.643. The van der Waals surface area contributed by atoms with E-state index in [4.69, 9.17) is 5.73 Å². The van der Waals surface area contributed by atoms with Crippen LogP contribution in [-0.4, -0.2) is 5.78 Å². The monoisotopic (exact) mass is 347 g/mol. The van der Waals surface area contributed by atoms with Gasteiger partial charge in [0.05, 0.1) is 10.6 Å². The second kappa shape index (κ2) is 6.49. The molecule has 0 radical (unpaired) electrons. The van der Waals surface area contributed by atoms with Crippen LogP contribution < -0.4 is 5.73 Å². The molecule has 0 aliphatic heterocycles. The van der Waals surface area contributed by atoms with Crippen molar-refractivity contribution < 1.29 is 4.79 Å². The first kappa shape index (κ1) is 16.1. The highest BCUT2D eigenvalue weighted by Crippen LogP contribution is 2.39. The molecule has 3 heteroatoms. The molecule has 1 aliphatic carbocycles. The molecule has 0 amide bonds. The van der Waals surface area contributed by atoms with Crippen molar-refractivity contribution in [2.75, 3.05) is 5.73 Å².